The van der Waals surface area contributed by atoms with Crippen LogP contribution in [0.25, 0.3) is 11.1 Å². The van der Waals surface area contributed by atoms with Crippen molar-refractivity contribution in [1.29, 1.82) is 0 Å². The smallest absolute Gasteiger partial charge is 0.407 e. The van der Waals surface area contributed by atoms with Gasteiger partial charge in [-0.15, -0.1) is 0 Å². The third kappa shape index (κ3) is 4.08. The highest BCUT2D eigenvalue weighted by Crippen LogP contribution is 2.44. The van der Waals surface area contributed by atoms with Gasteiger partial charge in [0.15, 0.2) is 0 Å². The van der Waals surface area contributed by atoms with E-state index in [2.05, 4.69) is 17.4 Å². The van der Waals surface area contributed by atoms with Gasteiger partial charge in [0.05, 0.1) is 0 Å². The summed E-state index contributed by atoms with van der Waals surface area (Å²) in [5, 5.41) is 12.0. The molecular formula is C24H22BNO4. The molecule has 4 rings (SSSR count). The predicted octanol–water partition coefficient (Wildman–Crippen LogP) is 2.48. The van der Waals surface area contributed by atoms with Crippen LogP contribution in [0.5, 0.6) is 0 Å². The second-order valence-corrected chi connectivity index (χ2v) is 7.55. The second kappa shape index (κ2) is 8.45. The van der Waals surface area contributed by atoms with Crippen LogP contribution in [-0.4, -0.2) is 37.7 Å². The van der Waals surface area contributed by atoms with Gasteiger partial charge in [0, 0.05) is 12.3 Å². The monoisotopic (exact) mass is 399 g/mol. The van der Waals surface area contributed by atoms with Gasteiger partial charge in [0.2, 0.25) is 0 Å². The Hall–Kier alpha value is -3.54. The minimum absolute atomic E-state index is 0.0662. The van der Waals surface area contributed by atoms with E-state index in [-0.39, 0.29) is 18.9 Å². The van der Waals surface area contributed by atoms with Crippen molar-refractivity contribution in [1.82, 2.24) is 5.32 Å². The topological polar surface area (TPSA) is 75.6 Å². The molecule has 0 radical (unpaired) electrons. The number of fused-ring (bicyclic) bond motifs is 3. The molecule has 1 aliphatic rings. The number of rotatable bonds is 6. The zero-order valence-corrected chi connectivity index (χ0v) is 16.7. The van der Waals surface area contributed by atoms with E-state index in [4.69, 9.17) is 4.74 Å². The molecule has 1 aliphatic carbocycles. The minimum atomic E-state index is -1.09. The van der Waals surface area contributed by atoms with Gasteiger partial charge in [-0.2, -0.15) is 0 Å². The number of carboxylic acid groups (broad SMARTS) is 1. The van der Waals surface area contributed by atoms with Crippen LogP contribution in [0.3, 0.4) is 0 Å². The molecule has 150 valence electrons. The molecule has 2 N–H and O–H groups in total. The molecule has 3 aromatic rings. The first-order valence-electron chi connectivity index (χ1n) is 9.93. The van der Waals surface area contributed by atoms with Crippen LogP contribution in [0.1, 0.15) is 22.6 Å². The quantitative estimate of drug-likeness (QED) is 0.625. The first-order valence-corrected chi connectivity index (χ1v) is 9.93. The highest BCUT2D eigenvalue weighted by atomic mass is 16.5. The Balaban J connectivity index is 1.43. The first kappa shape index (κ1) is 19.8. The van der Waals surface area contributed by atoms with Gasteiger partial charge in [0.1, 0.15) is 20.5 Å². The average molecular weight is 399 g/mol. The lowest BCUT2D eigenvalue weighted by molar-refractivity contribution is -0.139. The average Bonchev–Trinajstić information content (AvgIpc) is 3.07. The van der Waals surface area contributed by atoms with E-state index < -0.39 is 18.1 Å². The number of ether oxygens (including phenoxy) is 1. The number of nitrogens with one attached hydrogen (secondary N) is 1. The van der Waals surface area contributed by atoms with E-state index in [0.717, 1.165) is 33.3 Å². The van der Waals surface area contributed by atoms with E-state index in [0.29, 0.717) is 0 Å². The molecule has 3 aromatic carbocycles. The normalized spacial score (nSPS) is 13.2. The maximum atomic E-state index is 12.4. The van der Waals surface area contributed by atoms with E-state index in [1.54, 1.807) is 0 Å². The minimum Gasteiger partial charge on any atom is -0.480 e. The van der Waals surface area contributed by atoms with E-state index in [1.807, 2.05) is 68.5 Å². The van der Waals surface area contributed by atoms with Crippen molar-refractivity contribution in [2.24, 2.45) is 0 Å². The summed E-state index contributed by atoms with van der Waals surface area (Å²) in [7, 11) is 1.97. The van der Waals surface area contributed by atoms with E-state index in [1.165, 1.54) is 0 Å². The van der Waals surface area contributed by atoms with Crippen molar-refractivity contribution in [2.75, 3.05) is 6.61 Å². The second-order valence-electron chi connectivity index (χ2n) is 7.55. The molecule has 0 fully saturated rings. The lowest BCUT2D eigenvalue weighted by Crippen LogP contribution is -2.43. The van der Waals surface area contributed by atoms with Gasteiger partial charge in [-0.1, -0.05) is 78.3 Å². The van der Waals surface area contributed by atoms with E-state index >= 15 is 0 Å². The lowest BCUT2D eigenvalue weighted by Gasteiger charge is -2.17. The van der Waals surface area contributed by atoms with Gasteiger partial charge in [-0.25, -0.2) is 9.59 Å². The van der Waals surface area contributed by atoms with Crippen LogP contribution in [-0.2, 0) is 16.0 Å². The highest BCUT2D eigenvalue weighted by Gasteiger charge is 2.29. The Morgan fingerprint density at radius 1 is 0.933 bits per heavy atom. The molecule has 0 saturated heterocycles. The van der Waals surface area contributed by atoms with Crippen LogP contribution in [0.2, 0.25) is 0 Å². The molecule has 0 bridgehead atoms. The third-order valence-corrected chi connectivity index (χ3v) is 5.49. The largest absolute Gasteiger partial charge is 0.480 e. The number of carbonyl (C=O) groups excluding carboxylic acids is 1. The van der Waals surface area contributed by atoms with Crippen molar-refractivity contribution in [3.63, 3.8) is 0 Å². The van der Waals surface area contributed by atoms with Crippen molar-refractivity contribution in [3.05, 3.63) is 89.5 Å². The van der Waals surface area contributed by atoms with Crippen molar-refractivity contribution < 1.29 is 19.4 Å². The van der Waals surface area contributed by atoms with Crippen LogP contribution in [0, 0.1) is 0 Å². The van der Waals surface area contributed by atoms with Gasteiger partial charge in [-0.3, -0.25) is 0 Å². The summed E-state index contributed by atoms with van der Waals surface area (Å²) in [4.78, 5) is 24.0. The maximum absolute atomic E-state index is 12.4. The summed E-state index contributed by atoms with van der Waals surface area (Å²) in [6.07, 6.45) is -0.531. The molecule has 0 heterocycles. The lowest BCUT2D eigenvalue weighted by atomic mass is 9.94. The molecule has 1 amide bonds. The third-order valence-electron chi connectivity index (χ3n) is 5.49. The molecule has 0 aliphatic heterocycles. The van der Waals surface area contributed by atoms with Crippen molar-refractivity contribution in [3.8, 4) is 11.1 Å². The van der Waals surface area contributed by atoms with Crippen LogP contribution in [0.15, 0.2) is 72.8 Å². The first-order chi connectivity index (χ1) is 14.5. The Kier molecular flexibility index (Phi) is 5.57. The van der Waals surface area contributed by atoms with Gasteiger partial charge in [-0.05, 0) is 27.8 Å². The van der Waals surface area contributed by atoms with Crippen LogP contribution < -0.4 is 10.8 Å². The summed E-state index contributed by atoms with van der Waals surface area (Å²) >= 11 is 0. The number of alkyl carbamates (subject to hydrolysis) is 1. The molecular weight excluding hydrogens is 377 g/mol. The Morgan fingerprint density at radius 2 is 1.50 bits per heavy atom. The summed E-state index contributed by atoms with van der Waals surface area (Å²) in [5.74, 6) is -1.16. The molecule has 0 saturated carbocycles. The summed E-state index contributed by atoms with van der Waals surface area (Å²) in [6, 6.07) is 22.7. The highest BCUT2D eigenvalue weighted by molar-refractivity contribution is 6.32. The number of carboxylic acids is 1. The fraction of sp³-hybridized carbons (Fsp3) is 0.167. The zero-order valence-electron chi connectivity index (χ0n) is 16.7. The Bertz CT molecular complexity index is 1040. The molecule has 0 spiro atoms. The van der Waals surface area contributed by atoms with Crippen LogP contribution >= 0.6 is 0 Å². The molecule has 5 nitrogen and oxygen atoms in total. The Labute approximate surface area is 176 Å². The number of benzene rings is 3. The van der Waals surface area contributed by atoms with Gasteiger partial charge in [0.25, 0.3) is 0 Å². The zero-order chi connectivity index (χ0) is 21.1. The fourth-order valence-corrected chi connectivity index (χ4v) is 3.94. The predicted molar refractivity (Wildman–Crippen MR) is 118 cm³/mol. The SMILES string of the molecule is Bc1ccc(C[C@H](NC(=O)OCC2c3ccccc3-c3ccccc32)C(=O)O)cc1. The number of carbonyl (C=O) groups is 2. The molecule has 1 atom stereocenters. The van der Waals surface area contributed by atoms with Crippen molar-refractivity contribution in [2.45, 2.75) is 18.4 Å². The number of amides is 1. The summed E-state index contributed by atoms with van der Waals surface area (Å²) < 4.78 is 5.46. The standard InChI is InChI=1S/C24H22BNO4/c25-16-11-9-15(10-12-16)13-22(23(27)28)26-24(29)30-14-21-19-7-3-1-5-17(19)18-6-2-4-8-20(18)21/h1-12,21-22H,13-14,25H2,(H,26,29)(H,27,28)/t22-/m0/s1. The van der Waals surface area contributed by atoms with Crippen molar-refractivity contribution >= 4 is 25.4 Å². The molecule has 30 heavy (non-hydrogen) atoms. The van der Waals surface area contributed by atoms with E-state index in [9.17, 15) is 14.7 Å². The van der Waals surface area contributed by atoms with Gasteiger partial charge < -0.3 is 15.2 Å². The summed E-state index contributed by atoms with van der Waals surface area (Å²) in [5.41, 5.74) is 6.44. The number of hydrogen-bond acceptors (Lipinski definition) is 3. The van der Waals surface area contributed by atoms with Gasteiger partial charge >= 0.3 is 12.1 Å². The molecule has 0 unspecified atom stereocenters. The maximum Gasteiger partial charge on any atom is 0.407 e. The number of hydrogen-bond donors (Lipinski definition) is 2. The van der Waals surface area contributed by atoms with Crippen LogP contribution in [0.4, 0.5) is 4.79 Å². The fourth-order valence-electron chi connectivity index (χ4n) is 3.94. The summed E-state index contributed by atoms with van der Waals surface area (Å²) in [6.45, 7) is 0.150. The number of aliphatic carboxylic acids is 1. The Morgan fingerprint density at radius 3 is 2.07 bits per heavy atom. The molecule has 0 aromatic heterocycles. The molecule has 6 heteroatoms.